The number of hydrogen-bond donors (Lipinski definition) is 0. The number of hydrogen-bond acceptors (Lipinski definition) is 3. The Labute approximate surface area is 145 Å². The maximum Gasteiger partial charge on any atom is 0.299 e. The van der Waals surface area contributed by atoms with Crippen molar-refractivity contribution in [3.05, 3.63) is 65.2 Å². The van der Waals surface area contributed by atoms with Crippen LogP contribution in [0.4, 0.5) is 5.69 Å². The Morgan fingerprint density at radius 3 is 2.40 bits per heavy atom. The van der Waals surface area contributed by atoms with Crippen LogP contribution in [-0.4, -0.2) is 35.6 Å². The fourth-order valence-electron chi connectivity index (χ4n) is 3.46. The van der Waals surface area contributed by atoms with Gasteiger partial charge < -0.3 is 9.80 Å². The van der Waals surface area contributed by atoms with Gasteiger partial charge in [-0.2, -0.15) is 0 Å². The summed E-state index contributed by atoms with van der Waals surface area (Å²) in [7, 11) is 0. The number of benzene rings is 2. The Kier molecular flexibility index (Phi) is 3.84. The lowest BCUT2D eigenvalue weighted by molar-refractivity contribution is -0.114. The predicted molar refractivity (Wildman–Crippen MR) is 93.5 cm³/mol. The van der Waals surface area contributed by atoms with Crippen molar-refractivity contribution in [3.63, 3.8) is 0 Å². The summed E-state index contributed by atoms with van der Waals surface area (Å²) >= 11 is 0. The molecule has 0 aromatic heterocycles. The third kappa shape index (κ3) is 2.71. The maximum absolute atomic E-state index is 12.5. The minimum absolute atomic E-state index is 0.0675. The van der Waals surface area contributed by atoms with Crippen LogP contribution < -0.4 is 4.90 Å². The Morgan fingerprint density at radius 2 is 1.68 bits per heavy atom. The van der Waals surface area contributed by atoms with Crippen molar-refractivity contribution in [3.8, 4) is 0 Å². The van der Waals surface area contributed by atoms with Crippen LogP contribution in [0, 0.1) is 0 Å². The first-order valence-electron chi connectivity index (χ1n) is 8.48. The summed E-state index contributed by atoms with van der Waals surface area (Å²) in [5.74, 6) is -1.14. The van der Waals surface area contributed by atoms with Gasteiger partial charge in [0.15, 0.2) is 0 Å². The van der Waals surface area contributed by atoms with Crippen LogP contribution in [0.5, 0.6) is 0 Å². The number of Topliss-reactive ketones (excluding diaryl/α,β-unsaturated/α-hetero) is 1. The molecule has 1 fully saturated rings. The summed E-state index contributed by atoms with van der Waals surface area (Å²) in [5.41, 5.74) is 2.33. The van der Waals surface area contributed by atoms with Crippen LogP contribution in [0.25, 0.3) is 0 Å². The number of likely N-dealkylation sites (tertiary alicyclic amines) is 1. The zero-order chi connectivity index (χ0) is 17.4. The number of fused-ring (bicyclic) bond motifs is 1. The molecule has 2 aliphatic rings. The highest BCUT2D eigenvalue weighted by Crippen LogP contribution is 2.31. The molecule has 0 radical (unpaired) electrons. The minimum atomic E-state index is -0.540. The highest BCUT2D eigenvalue weighted by molar-refractivity contribution is 6.52. The Hall–Kier alpha value is -2.95. The number of carbonyl (C=O) groups excluding carboxylic acids is 3. The summed E-state index contributed by atoms with van der Waals surface area (Å²) in [5, 5.41) is 0. The van der Waals surface area contributed by atoms with Gasteiger partial charge in [-0.05, 0) is 36.6 Å². The normalized spacial score (nSPS) is 16.5. The molecule has 0 bridgehead atoms. The van der Waals surface area contributed by atoms with E-state index >= 15 is 0 Å². The third-order valence-corrected chi connectivity index (χ3v) is 4.80. The van der Waals surface area contributed by atoms with Gasteiger partial charge in [0, 0.05) is 18.7 Å². The lowest BCUT2D eigenvalue weighted by Crippen LogP contribution is -2.29. The molecule has 5 heteroatoms. The highest BCUT2D eigenvalue weighted by atomic mass is 16.2. The Balaban J connectivity index is 1.64. The Morgan fingerprint density at radius 1 is 0.960 bits per heavy atom. The molecule has 2 aromatic carbocycles. The summed E-state index contributed by atoms with van der Waals surface area (Å²) in [6.07, 6.45) is 2.03. The summed E-state index contributed by atoms with van der Waals surface area (Å²) in [4.78, 5) is 40.6. The van der Waals surface area contributed by atoms with Crippen LogP contribution in [0.1, 0.15) is 39.1 Å². The minimum Gasteiger partial charge on any atom is -0.339 e. The molecule has 1 saturated heterocycles. The zero-order valence-electron chi connectivity index (χ0n) is 13.8. The molecule has 2 heterocycles. The zero-order valence-corrected chi connectivity index (χ0v) is 13.8. The largest absolute Gasteiger partial charge is 0.339 e. The molecular formula is C20H18N2O3. The molecule has 0 N–H and O–H groups in total. The van der Waals surface area contributed by atoms with Crippen LogP contribution >= 0.6 is 0 Å². The second kappa shape index (κ2) is 6.16. The second-order valence-electron chi connectivity index (χ2n) is 6.44. The fourth-order valence-corrected chi connectivity index (χ4v) is 3.46. The number of amides is 2. The third-order valence-electron chi connectivity index (χ3n) is 4.80. The van der Waals surface area contributed by atoms with E-state index in [4.69, 9.17) is 0 Å². The molecule has 0 aliphatic carbocycles. The van der Waals surface area contributed by atoms with E-state index in [2.05, 4.69) is 0 Å². The predicted octanol–water partition coefficient (Wildman–Crippen LogP) is 2.65. The number of anilines is 1. The average Bonchev–Trinajstić information content (AvgIpc) is 3.26. The average molecular weight is 334 g/mol. The first kappa shape index (κ1) is 15.6. The lowest BCUT2D eigenvalue weighted by atomic mass is 10.1. The first-order valence-corrected chi connectivity index (χ1v) is 8.48. The van der Waals surface area contributed by atoms with Crippen LogP contribution in [0.2, 0.25) is 0 Å². The highest BCUT2D eigenvalue weighted by Gasteiger charge is 2.36. The first-order chi connectivity index (χ1) is 12.1. The maximum atomic E-state index is 12.5. The van der Waals surface area contributed by atoms with Crippen molar-refractivity contribution in [2.75, 3.05) is 18.0 Å². The monoisotopic (exact) mass is 334 g/mol. The van der Waals surface area contributed by atoms with E-state index in [9.17, 15) is 14.4 Å². The molecular weight excluding hydrogens is 316 g/mol. The van der Waals surface area contributed by atoms with E-state index < -0.39 is 11.7 Å². The van der Waals surface area contributed by atoms with Gasteiger partial charge in [0.05, 0.1) is 17.8 Å². The van der Waals surface area contributed by atoms with Crippen molar-refractivity contribution in [2.45, 2.75) is 19.4 Å². The number of rotatable bonds is 3. The molecule has 25 heavy (non-hydrogen) atoms. The van der Waals surface area contributed by atoms with Crippen molar-refractivity contribution in [1.82, 2.24) is 4.90 Å². The van der Waals surface area contributed by atoms with E-state index in [-0.39, 0.29) is 5.91 Å². The lowest BCUT2D eigenvalue weighted by Gasteiger charge is -2.18. The molecule has 126 valence electrons. The topological polar surface area (TPSA) is 57.7 Å². The summed E-state index contributed by atoms with van der Waals surface area (Å²) in [6.45, 7) is 1.85. The number of ketones is 1. The van der Waals surface area contributed by atoms with Gasteiger partial charge >= 0.3 is 0 Å². The van der Waals surface area contributed by atoms with Gasteiger partial charge in [-0.3, -0.25) is 14.4 Å². The quantitative estimate of drug-likeness (QED) is 0.811. The van der Waals surface area contributed by atoms with E-state index in [0.717, 1.165) is 31.5 Å². The molecule has 0 spiro atoms. The molecule has 0 saturated carbocycles. The van der Waals surface area contributed by atoms with Crippen molar-refractivity contribution in [1.29, 1.82) is 0 Å². The van der Waals surface area contributed by atoms with Gasteiger partial charge in [-0.25, -0.2) is 0 Å². The number of nitrogens with zero attached hydrogens (tertiary/aromatic N) is 2. The standard InChI is InChI=1S/C20H18N2O3/c23-18-16-12-15(19(24)21-10-4-5-11-21)8-9-17(16)22(20(18)25)13-14-6-2-1-3-7-14/h1-3,6-9,12H,4-5,10-11,13H2. The molecule has 0 atom stereocenters. The van der Waals surface area contributed by atoms with E-state index in [1.54, 1.807) is 23.1 Å². The van der Waals surface area contributed by atoms with Crippen LogP contribution in [0.15, 0.2) is 48.5 Å². The number of carbonyl (C=O) groups is 3. The molecule has 2 aliphatic heterocycles. The SMILES string of the molecule is O=C1C(=O)N(Cc2ccccc2)c2ccc(C(=O)N3CCCC3)cc21. The van der Waals surface area contributed by atoms with Crippen molar-refractivity contribution in [2.24, 2.45) is 0 Å². The molecule has 2 amide bonds. The van der Waals surface area contributed by atoms with Crippen molar-refractivity contribution < 1.29 is 14.4 Å². The smallest absolute Gasteiger partial charge is 0.299 e. The van der Waals surface area contributed by atoms with Crippen molar-refractivity contribution >= 4 is 23.3 Å². The fraction of sp³-hybridized carbons (Fsp3) is 0.250. The van der Waals surface area contributed by atoms with Crippen LogP contribution in [0.3, 0.4) is 0 Å². The van der Waals surface area contributed by atoms with Gasteiger partial charge in [0.1, 0.15) is 0 Å². The molecule has 5 nitrogen and oxygen atoms in total. The van der Waals surface area contributed by atoms with Gasteiger partial charge in [-0.1, -0.05) is 30.3 Å². The summed E-state index contributed by atoms with van der Waals surface area (Å²) in [6, 6.07) is 14.5. The van der Waals surface area contributed by atoms with Gasteiger partial charge in [-0.15, -0.1) is 0 Å². The van der Waals surface area contributed by atoms with E-state index in [1.807, 2.05) is 30.3 Å². The van der Waals surface area contributed by atoms with E-state index in [0.29, 0.717) is 23.4 Å². The Bertz CT molecular complexity index is 854. The van der Waals surface area contributed by atoms with Gasteiger partial charge in [0.25, 0.3) is 17.6 Å². The molecule has 2 aromatic rings. The summed E-state index contributed by atoms with van der Waals surface area (Å²) < 4.78 is 0. The van der Waals surface area contributed by atoms with Gasteiger partial charge in [0.2, 0.25) is 0 Å². The second-order valence-corrected chi connectivity index (χ2v) is 6.44. The molecule has 4 rings (SSSR count). The van der Waals surface area contributed by atoms with E-state index in [1.165, 1.54) is 4.90 Å². The van der Waals surface area contributed by atoms with Crippen LogP contribution in [-0.2, 0) is 11.3 Å². The molecule has 0 unspecified atom stereocenters.